The Morgan fingerprint density at radius 2 is 2.10 bits per heavy atom. The normalized spacial score (nSPS) is 12.8. The minimum absolute atomic E-state index is 0.177. The van der Waals surface area contributed by atoms with E-state index < -0.39 is 5.97 Å². The highest BCUT2D eigenvalue weighted by molar-refractivity contribution is 7.99. The summed E-state index contributed by atoms with van der Waals surface area (Å²) in [6.45, 7) is 4.16. The van der Waals surface area contributed by atoms with Gasteiger partial charge in [0, 0.05) is 27.7 Å². The highest BCUT2D eigenvalue weighted by Crippen LogP contribution is 2.39. The fourth-order valence-electron chi connectivity index (χ4n) is 3.51. The van der Waals surface area contributed by atoms with E-state index in [4.69, 9.17) is 4.74 Å². The van der Waals surface area contributed by atoms with Gasteiger partial charge in [-0.25, -0.2) is 4.79 Å². The van der Waals surface area contributed by atoms with E-state index in [2.05, 4.69) is 34.7 Å². The Hall–Kier alpha value is -2.17. The van der Waals surface area contributed by atoms with Crippen LogP contribution >= 0.6 is 34.4 Å². The maximum Gasteiger partial charge on any atom is 0.341 e. The van der Waals surface area contributed by atoms with E-state index in [1.165, 1.54) is 40.6 Å². The van der Waals surface area contributed by atoms with Gasteiger partial charge >= 0.3 is 5.97 Å². The number of anilines is 1. The molecule has 0 aromatic carbocycles. The Kier molecular flexibility index (Phi) is 5.99. The van der Waals surface area contributed by atoms with Crippen molar-refractivity contribution < 1.29 is 14.3 Å². The van der Waals surface area contributed by atoms with Crippen molar-refractivity contribution in [2.24, 2.45) is 7.05 Å². The molecular weight excluding hydrogens is 440 g/mol. The molecule has 158 valence electrons. The molecule has 0 unspecified atom stereocenters. The lowest BCUT2D eigenvalue weighted by atomic mass is 10.1. The second kappa shape index (κ2) is 8.52. The zero-order chi connectivity index (χ0) is 21.4. The number of methoxy groups -OCH3 is 1. The molecule has 4 rings (SSSR count). The Morgan fingerprint density at radius 3 is 2.80 bits per heavy atom. The van der Waals surface area contributed by atoms with E-state index in [0.29, 0.717) is 15.7 Å². The average Bonchev–Trinajstić information content (AvgIpc) is 3.46. The predicted molar refractivity (Wildman–Crippen MR) is 121 cm³/mol. The SMILES string of the molecule is COC(=O)c1c(NC(=O)CSc2nnc(-c3csc(C)c3C)n2C)sc2c1CCC2. The maximum atomic E-state index is 12.6. The van der Waals surface area contributed by atoms with Crippen molar-refractivity contribution in [3.63, 3.8) is 0 Å². The second-order valence-corrected chi connectivity index (χ2v) is 10.2. The third-order valence-electron chi connectivity index (χ3n) is 5.26. The molecule has 10 heteroatoms. The van der Waals surface area contributed by atoms with Gasteiger partial charge in [0.25, 0.3) is 0 Å². The van der Waals surface area contributed by atoms with Crippen LogP contribution in [-0.2, 0) is 29.4 Å². The molecule has 0 aliphatic heterocycles. The van der Waals surface area contributed by atoms with Crippen molar-refractivity contribution in [1.82, 2.24) is 14.8 Å². The molecule has 1 aliphatic rings. The van der Waals surface area contributed by atoms with Crippen LogP contribution in [0.15, 0.2) is 10.5 Å². The molecule has 1 amide bonds. The van der Waals surface area contributed by atoms with Gasteiger partial charge < -0.3 is 14.6 Å². The van der Waals surface area contributed by atoms with Crippen molar-refractivity contribution >= 4 is 51.3 Å². The predicted octanol–water partition coefficient (Wildman–Crippen LogP) is 4.23. The summed E-state index contributed by atoms with van der Waals surface area (Å²) < 4.78 is 6.84. The molecule has 1 aliphatic carbocycles. The molecular formula is C20H22N4O3S3. The van der Waals surface area contributed by atoms with Gasteiger partial charge in [0.15, 0.2) is 11.0 Å². The number of nitrogens with zero attached hydrogens (tertiary/aromatic N) is 3. The van der Waals surface area contributed by atoms with E-state index >= 15 is 0 Å². The summed E-state index contributed by atoms with van der Waals surface area (Å²) in [7, 11) is 3.27. The molecule has 0 bridgehead atoms. The summed E-state index contributed by atoms with van der Waals surface area (Å²) >= 11 is 4.49. The Morgan fingerprint density at radius 1 is 1.30 bits per heavy atom. The number of aromatic nitrogens is 3. The van der Waals surface area contributed by atoms with Crippen molar-refractivity contribution in [2.45, 2.75) is 38.3 Å². The standard InChI is InChI=1S/C20H22N4O3S3/c1-10-11(2)28-8-13(10)17-22-23-20(24(17)3)29-9-15(25)21-18-16(19(26)27-4)12-6-5-7-14(12)30-18/h8H,5-7,9H2,1-4H3,(H,21,25). The number of ether oxygens (including phenoxy) is 1. The summed E-state index contributed by atoms with van der Waals surface area (Å²) in [5.41, 5.74) is 3.80. The molecule has 7 nitrogen and oxygen atoms in total. The highest BCUT2D eigenvalue weighted by Gasteiger charge is 2.28. The van der Waals surface area contributed by atoms with Crippen molar-refractivity contribution in [3.05, 3.63) is 31.8 Å². The maximum absolute atomic E-state index is 12.6. The first-order chi connectivity index (χ1) is 14.4. The van der Waals surface area contributed by atoms with E-state index in [1.54, 1.807) is 11.3 Å². The number of carbonyl (C=O) groups is 2. The van der Waals surface area contributed by atoms with E-state index in [-0.39, 0.29) is 11.7 Å². The number of rotatable bonds is 6. The third kappa shape index (κ3) is 3.79. The van der Waals surface area contributed by atoms with Crippen molar-refractivity contribution in [1.29, 1.82) is 0 Å². The van der Waals surface area contributed by atoms with Gasteiger partial charge in [0.1, 0.15) is 5.00 Å². The number of thiophene rings is 2. The van der Waals surface area contributed by atoms with Crippen molar-refractivity contribution in [2.75, 3.05) is 18.2 Å². The van der Waals surface area contributed by atoms with E-state index in [1.807, 2.05) is 11.6 Å². The monoisotopic (exact) mass is 462 g/mol. The van der Waals surface area contributed by atoms with Crippen LogP contribution in [0.25, 0.3) is 11.4 Å². The number of esters is 1. The minimum atomic E-state index is -0.392. The Labute approximate surface area is 186 Å². The number of hydrogen-bond donors (Lipinski definition) is 1. The molecule has 0 fully saturated rings. The lowest BCUT2D eigenvalue weighted by Crippen LogP contribution is -2.16. The smallest absolute Gasteiger partial charge is 0.341 e. The number of nitrogens with one attached hydrogen (secondary N) is 1. The van der Waals surface area contributed by atoms with Gasteiger partial charge in [-0.15, -0.1) is 32.9 Å². The first kappa shape index (κ1) is 21.1. The molecule has 3 aromatic rings. The van der Waals surface area contributed by atoms with Crippen LogP contribution < -0.4 is 5.32 Å². The Balaban J connectivity index is 1.46. The molecule has 0 saturated heterocycles. The van der Waals surface area contributed by atoms with Gasteiger partial charge in [0.05, 0.1) is 18.4 Å². The highest BCUT2D eigenvalue weighted by atomic mass is 32.2. The van der Waals surface area contributed by atoms with Crippen LogP contribution in [-0.4, -0.2) is 39.5 Å². The number of amides is 1. The molecule has 0 spiro atoms. The number of carbonyl (C=O) groups excluding carboxylic acids is 2. The largest absolute Gasteiger partial charge is 0.465 e. The molecule has 30 heavy (non-hydrogen) atoms. The molecule has 1 N–H and O–H groups in total. The zero-order valence-electron chi connectivity index (χ0n) is 17.2. The molecule has 3 aromatic heterocycles. The zero-order valence-corrected chi connectivity index (χ0v) is 19.6. The summed E-state index contributed by atoms with van der Waals surface area (Å²) in [4.78, 5) is 27.2. The van der Waals surface area contributed by atoms with Crippen LogP contribution in [0, 0.1) is 13.8 Å². The summed E-state index contributed by atoms with van der Waals surface area (Å²) in [5.74, 6) is 0.396. The van der Waals surface area contributed by atoms with Crippen LogP contribution in [0.4, 0.5) is 5.00 Å². The molecule has 3 heterocycles. The fraction of sp³-hybridized carbons (Fsp3) is 0.400. The number of fused-ring (bicyclic) bond motifs is 1. The third-order valence-corrected chi connectivity index (χ3v) is 8.50. The first-order valence-electron chi connectivity index (χ1n) is 9.50. The topological polar surface area (TPSA) is 86.1 Å². The second-order valence-electron chi connectivity index (χ2n) is 7.09. The number of hydrogen-bond acceptors (Lipinski definition) is 8. The number of aryl methyl sites for hydroxylation is 2. The van der Waals surface area contributed by atoms with Gasteiger partial charge in [-0.05, 0) is 44.2 Å². The van der Waals surface area contributed by atoms with Crippen LogP contribution in [0.5, 0.6) is 0 Å². The van der Waals surface area contributed by atoms with E-state index in [9.17, 15) is 9.59 Å². The Bertz CT molecular complexity index is 1130. The molecule has 0 saturated carbocycles. The quantitative estimate of drug-likeness (QED) is 0.436. The van der Waals surface area contributed by atoms with Gasteiger partial charge in [-0.2, -0.15) is 0 Å². The summed E-state index contributed by atoms with van der Waals surface area (Å²) in [6.07, 6.45) is 2.83. The summed E-state index contributed by atoms with van der Waals surface area (Å²) in [5, 5.41) is 14.8. The number of thioether (sulfide) groups is 1. The van der Waals surface area contributed by atoms with Gasteiger partial charge in [-0.3, -0.25) is 4.79 Å². The lowest BCUT2D eigenvalue weighted by molar-refractivity contribution is -0.113. The van der Waals surface area contributed by atoms with Crippen molar-refractivity contribution in [3.8, 4) is 11.4 Å². The molecule has 0 atom stereocenters. The van der Waals surface area contributed by atoms with Crippen LogP contribution in [0.1, 0.15) is 37.7 Å². The van der Waals surface area contributed by atoms with Gasteiger partial charge in [0.2, 0.25) is 5.91 Å². The first-order valence-corrected chi connectivity index (χ1v) is 12.2. The van der Waals surface area contributed by atoms with E-state index in [0.717, 1.165) is 41.1 Å². The summed E-state index contributed by atoms with van der Waals surface area (Å²) in [6, 6.07) is 0. The van der Waals surface area contributed by atoms with Crippen LogP contribution in [0.3, 0.4) is 0 Å². The average molecular weight is 463 g/mol. The fourth-order valence-corrected chi connectivity index (χ4v) is 6.38. The van der Waals surface area contributed by atoms with Crippen LogP contribution in [0.2, 0.25) is 0 Å². The molecule has 0 radical (unpaired) electrons. The lowest BCUT2D eigenvalue weighted by Gasteiger charge is -2.07. The van der Waals surface area contributed by atoms with Gasteiger partial charge in [-0.1, -0.05) is 11.8 Å². The minimum Gasteiger partial charge on any atom is -0.465 e.